The molecule has 0 saturated heterocycles. The number of hydrogen-bond donors (Lipinski definition) is 0. The second-order valence-electron chi connectivity index (χ2n) is 13.9. The second kappa shape index (κ2) is 11.8. The van der Waals surface area contributed by atoms with Crippen molar-refractivity contribution in [3.63, 3.8) is 0 Å². The smallest absolute Gasteiger partial charge is 0.164 e. The van der Waals surface area contributed by atoms with Gasteiger partial charge in [-0.3, -0.25) is 0 Å². The van der Waals surface area contributed by atoms with E-state index in [1.807, 2.05) is 36.4 Å². The highest BCUT2D eigenvalue weighted by Crippen LogP contribution is 2.45. The van der Waals surface area contributed by atoms with Crippen molar-refractivity contribution in [1.82, 2.24) is 15.0 Å². The number of hydrogen-bond acceptors (Lipinski definition) is 4. The maximum absolute atomic E-state index is 6.39. The Morgan fingerprint density at radius 2 is 0.923 bits per heavy atom. The predicted molar refractivity (Wildman–Crippen MR) is 216 cm³/mol. The average Bonchev–Trinajstić information content (AvgIpc) is 3.70. The molecule has 10 rings (SSSR count). The number of furan rings is 1. The molecule has 2 aromatic heterocycles. The quantitative estimate of drug-likeness (QED) is 0.169. The lowest BCUT2D eigenvalue weighted by atomic mass is 9.90. The van der Waals surface area contributed by atoms with Gasteiger partial charge >= 0.3 is 0 Å². The fourth-order valence-electron chi connectivity index (χ4n) is 8.13. The van der Waals surface area contributed by atoms with Gasteiger partial charge in [-0.15, -0.1) is 0 Å². The van der Waals surface area contributed by atoms with Crippen LogP contribution in [0, 0.1) is 0 Å². The van der Waals surface area contributed by atoms with E-state index in [0.29, 0.717) is 17.5 Å². The third-order valence-corrected chi connectivity index (χ3v) is 14.1. The van der Waals surface area contributed by atoms with Crippen LogP contribution in [0.2, 0.25) is 13.1 Å². The first-order chi connectivity index (χ1) is 25.6. The van der Waals surface area contributed by atoms with E-state index >= 15 is 0 Å². The van der Waals surface area contributed by atoms with Gasteiger partial charge in [-0.1, -0.05) is 159 Å². The van der Waals surface area contributed by atoms with Gasteiger partial charge in [-0.25, -0.2) is 15.0 Å². The van der Waals surface area contributed by atoms with Crippen LogP contribution < -0.4 is 10.4 Å². The van der Waals surface area contributed by atoms with Crippen molar-refractivity contribution >= 4 is 40.4 Å². The first-order valence-electron chi connectivity index (χ1n) is 17.7. The maximum Gasteiger partial charge on any atom is 0.164 e. The molecule has 0 spiro atoms. The van der Waals surface area contributed by atoms with E-state index in [0.717, 1.165) is 55.3 Å². The van der Waals surface area contributed by atoms with E-state index in [1.165, 1.54) is 27.1 Å². The fraction of sp³-hybridized carbons (Fsp3) is 0.0426. The molecule has 4 nitrogen and oxygen atoms in total. The minimum absolute atomic E-state index is 0.615. The van der Waals surface area contributed by atoms with Crippen LogP contribution in [0.1, 0.15) is 0 Å². The van der Waals surface area contributed by atoms with E-state index in [9.17, 15) is 0 Å². The van der Waals surface area contributed by atoms with Gasteiger partial charge in [0, 0.05) is 38.6 Å². The van der Waals surface area contributed by atoms with Crippen molar-refractivity contribution < 1.29 is 4.42 Å². The Balaban J connectivity index is 1.30. The van der Waals surface area contributed by atoms with Gasteiger partial charge in [0.1, 0.15) is 19.2 Å². The van der Waals surface area contributed by atoms with Crippen LogP contribution in [-0.2, 0) is 0 Å². The van der Waals surface area contributed by atoms with Crippen LogP contribution in [-0.4, -0.2) is 23.0 Å². The Bertz CT molecular complexity index is 2810. The number of fused-ring (bicyclic) bond motifs is 6. The molecule has 1 aliphatic rings. The van der Waals surface area contributed by atoms with E-state index < -0.39 is 8.07 Å². The second-order valence-corrected chi connectivity index (χ2v) is 18.3. The molecule has 0 bridgehead atoms. The molecule has 0 aliphatic carbocycles. The molecule has 0 saturated carbocycles. The van der Waals surface area contributed by atoms with E-state index in [4.69, 9.17) is 19.4 Å². The van der Waals surface area contributed by atoms with E-state index in [-0.39, 0.29) is 0 Å². The number of aromatic nitrogens is 3. The van der Waals surface area contributed by atoms with Crippen molar-refractivity contribution in [2.24, 2.45) is 0 Å². The maximum atomic E-state index is 6.39. The first-order valence-corrected chi connectivity index (χ1v) is 20.7. The number of benzene rings is 7. The third-order valence-electron chi connectivity index (χ3n) is 10.6. The Kier molecular flexibility index (Phi) is 6.91. The molecule has 246 valence electrons. The van der Waals surface area contributed by atoms with Crippen molar-refractivity contribution in [2.45, 2.75) is 13.1 Å². The topological polar surface area (TPSA) is 51.8 Å². The molecular formula is C47H33N3OSi. The summed E-state index contributed by atoms with van der Waals surface area (Å²) in [6.07, 6.45) is 0. The largest absolute Gasteiger partial charge is 0.456 e. The summed E-state index contributed by atoms with van der Waals surface area (Å²) in [5, 5.41) is 5.02. The van der Waals surface area contributed by atoms with Gasteiger partial charge < -0.3 is 4.42 Å². The van der Waals surface area contributed by atoms with Crippen LogP contribution in [0.3, 0.4) is 0 Å². The SMILES string of the molecule is C[Si]1(C)c2ccccc2-c2c1ccc(-c1nc(-c3ccccc3)nc(-c3ccc4oc5ccccc5c4c3-c3ccccc3)n1)c2-c1ccccc1. The summed E-state index contributed by atoms with van der Waals surface area (Å²) in [7, 11) is -1.95. The average molecular weight is 684 g/mol. The summed E-state index contributed by atoms with van der Waals surface area (Å²) in [5.74, 6) is 1.89. The molecule has 1 aliphatic heterocycles. The normalized spacial score (nSPS) is 13.0. The monoisotopic (exact) mass is 683 g/mol. The Morgan fingerprint density at radius 3 is 1.63 bits per heavy atom. The zero-order valence-corrected chi connectivity index (χ0v) is 29.8. The van der Waals surface area contributed by atoms with Crippen LogP contribution in [0.4, 0.5) is 0 Å². The molecule has 0 radical (unpaired) electrons. The highest BCUT2D eigenvalue weighted by molar-refractivity contribution is 7.04. The van der Waals surface area contributed by atoms with Crippen LogP contribution in [0.15, 0.2) is 168 Å². The molecule has 9 aromatic rings. The lowest BCUT2D eigenvalue weighted by molar-refractivity contribution is 0.669. The lowest BCUT2D eigenvalue weighted by Gasteiger charge is -2.21. The highest BCUT2D eigenvalue weighted by Gasteiger charge is 2.39. The summed E-state index contributed by atoms with van der Waals surface area (Å²) in [6.45, 7) is 4.92. The molecule has 0 amide bonds. The van der Waals surface area contributed by atoms with Gasteiger partial charge in [0.25, 0.3) is 0 Å². The van der Waals surface area contributed by atoms with Crippen molar-refractivity contribution in [3.05, 3.63) is 164 Å². The fourth-order valence-corrected chi connectivity index (χ4v) is 11.2. The van der Waals surface area contributed by atoms with Crippen molar-refractivity contribution in [3.8, 4) is 67.5 Å². The van der Waals surface area contributed by atoms with Gasteiger partial charge in [0.15, 0.2) is 17.5 Å². The summed E-state index contributed by atoms with van der Waals surface area (Å²) in [5.41, 5.74) is 11.6. The van der Waals surface area contributed by atoms with Crippen molar-refractivity contribution in [1.29, 1.82) is 0 Å². The molecule has 0 N–H and O–H groups in total. The number of para-hydroxylation sites is 1. The Labute approximate surface area is 303 Å². The summed E-state index contributed by atoms with van der Waals surface area (Å²) in [6, 6.07) is 57.4. The highest BCUT2D eigenvalue weighted by atomic mass is 28.3. The van der Waals surface area contributed by atoms with Crippen LogP contribution >= 0.6 is 0 Å². The molecule has 3 heterocycles. The van der Waals surface area contributed by atoms with Crippen LogP contribution in [0.5, 0.6) is 0 Å². The Morgan fingerprint density at radius 1 is 0.385 bits per heavy atom. The van der Waals surface area contributed by atoms with Gasteiger partial charge in [-0.2, -0.15) is 0 Å². The van der Waals surface area contributed by atoms with Crippen molar-refractivity contribution in [2.75, 3.05) is 0 Å². The summed E-state index contributed by atoms with van der Waals surface area (Å²) in [4.78, 5) is 15.9. The van der Waals surface area contributed by atoms with Crippen LogP contribution in [0.25, 0.3) is 89.5 Å². The van der Waals surface area contributed by atoms with E-state index in [1.54, 1.807) is 0 Å². The zero-order chi connectivity index (χ0) is 34.8. The minimum Gasteiger partial charge on any atom is -0.456 e. The molecule has 52 heavy (non-hydrogen) atoms. The number of nitrogens with zero attached hydrogens (tertiary/aromatic N) is 3. The number of rotatable bonds is 5. The molecule has 7 aromatic carbocycles. The van der Waals surface area contributed by atoms with E-state index in [2.05, 4.69) is 140 Å². The van der Waals surface area contributed by atoms with Gasteiger partial charge in [0.2, 0.25) is 0 Å². The standard InChI is InChI=1S/C47H33N3OSi/c1-52(2)39-25-15-13-23-34(39)44-40(52)29-27-36(42(44)31-18-8-4-9-19-31)47-49-45(32-20-10-5-11-21-32)48-46(50-47)35-26-28-38-43(33-22-12-14-24-37(33)51-38)41(35)30-16-6-3-7-17-30/h3-29H,1-2H3. The lowest BCUT2D eigenvalue weighted by Crippen LogP contribution is -2.49. The first kappa shape index (κ1) is 30.4. The molecule has 5 heteroatoms. The predicted octanol–water partition coefficient (Wildman–Crippen LogP) is 10.9. The summed E-state index contributed by atoms with van der Waals surface area (Å²) < 4.78 is 6.39. The van der Waals surface area contributed by atoms with Gasteiger partial charge in [-0.05, 0) is 50.8 Å². The third kappa shape index (κ3) is 4.70. The molecule has 0 atom stereocenters. The summed E-state index contributed by atoms with van der Waals surface area (Å²) >= 11 is 0. The Hall–Kier alpha value is -6.43. The molecule has 0 unspecified atom stereocenters. The minimum atomic E-state index is -1.95. The molecular weight excluding hydrogens is 651 g/mol. The zero-order valence-electron chi connectivity index (χ0n) is 28.8. The van der Waals surface area contributed by atoms with Gasteiger partial charge in [0.05, 0.1) is 0 Å². The molecule has 0 fully saturated rings.